The molecule has 0 unspecified atom stereocenters. The molecule has 0 radical (unpaired) electrons. The number of nitrogen functional groups attached to an aromatic ring is 1. The Kier molecular flexibility index (Phi) is 8.49. The minimum absolute atomic E-state index is 0.0104. The van der Waals surface area contributed by atoms with Crippen molar-refractivity contribution in [1.29, 1.82) is 0 Å². The summed E-state index contributed by atoms with van der Waals surface area (Å²) in [6, 6.07) is 18.6. The maximum absolute atomic E-state index is 14.4. The third kappa shape index (κ3) is 6.59. The van der Waals surface area contributed by atoms with E-state index in [1.54, 1.807) is 75.4 Å². The van der Waals surface area contributed by atoms with Crippen molar-refractivity contribution in [2.24, 2.45) is 0 Å². The molecule has 45 heavy (non-hydrogen) atoms. The summed E-state index contributed by atoms with van der Waals surface area (Å²) in [5.41, 5.74) is 7.94. The van der Waals surface area contributed by atoms with Gasteiger partial charge in [0.25, 0.3) is 11.8 Å². The first-order valence-electron chi connectivity index (χ1n) is 14.5. The highest BCUT2D eigenvalue weighted by Crippen LogP contribution is 2.35. The molecule has 234 valence electrons. The van der Waals surface area contributed by atoms with E-state index in [1.807, 2.05) is 18.2 Å². The molecule has 1 aromatic heterocycles. The zero-order chi connectivity index (χ0) is 32.5. The molecule has 4 amide bonds. The minimum atomic E-state index is -1.18. The summed E-state index contributed by atoms with van der Waals surface area (Å²) in [5.74, 6) is -1.45. The zero-order valence-electron chi connectivity index (χ0n) is 25.8. The van der Waals surface area contributed by atoms with Crippen molar-refractivity contribution in [2.45, 2.75) is 51.9 Å². The van der Waals surface area contributed by atoms with Gasteiger partial charge in [-0.05, 0) is 76.2 Å². The maximum Gasteiger partial charge on any atom is 0.410 e. The molecule has 0 bridgehead atoms. The fourth-order valence-electron chi connectivity index (χ4n) is 4.99. The highest BCUT2D eigenvalue weighted by atomic mass is 16.6. The topological polar surface area (TPSA) is 151 Å². The number of rotatable bonds is 6. The molecule has 0 fully saturated rings. The van der Waals surface area contributed by atoms with Gasteiger partial charge in [-0.15, -0.1) is 0 Å². The summed E-state index contributed by atoms with van der Waals surface area (Å²) in [4.78, 5) is 58.7. The van der Waals surface area contributed by atoms with E-state index in [9.17, 15) is 19.2 Å². The summed E-state index contributed by atoms with van der Waals surface area (Å²) in [6.07, 6.45) is -0.690. The summed E-state index contributed by atoms with van der Waals surface area (Å²) < 4.78 is 10.9. The van der Waals surface area contributed by atoms with Gasteiger partial charge in [-0.1, -0.05) is 29.4 Å². The molecule has 0 spiro atoms. The fourth-order valence-corrected chi connectivity index (χ4v) is 4.99. The highest BCUT2D eigenvalue weighted by Gasteiger charge is 2.39. The average Bonchev–Trinajstić information content (AvgIpc) is 3.38. The van der Waals surface area contributed by atoms with Gasteiger partial charge < -0.3 is 30.1 Å². The second-order valence-corrected chi connectivity index (χ2v) is 11.9. The number of benzene rings is 3. The lowest BCUT2D eigenvalue weighted by atomic mass is 10.1. The maximum atomic E-state index is 14.4. The first kappa shape index (κ1) is 31.0. The molecule has 1 aliphatic heterocycles. The standard InChI is InChI=1S/C33H36N6O6/c1-20(37(5)32(43)44-33(2,3)4)29(40)35-25-19-38(30(41)21-14-16-22(34)17-15-21)26-11-7-8-12-27(26)39(31(25)42)18-24-23-10-6-9-13-28(23)45-36-24/h6-17,20,25H,18-19,34H2,1-5H3,(H,35,40)/t20-,25-/m0/s1. The molecule has 12 nitrogen and oxygen atoms in total. The van der Waals surface area contributed by atoms with E-state index in [0.29, 0.717) is 33.9 Å². The third-order valence-electron chi connectivity index (χ3n) is 7.51. The van der Waals surface area contributed by atoms with Gasteiger partial charge in [0.15, 0.2) is 5.58 Å². The molecule has 5 rings (SSSR count). The minimum Gasteiger partial charge on any atom is -0.444 e. The van der Waals surface area contributed by atoms with Crippen molar-refractivity contribution in [3.05, 3.63) is 84.1 Å². The Morgan fingerprint density at radius 1 is 1.04 bits per heavy atom. The summed E-state index contributed by atoms with van der Waals surface area (Å²) >= 11 is 0. The fraction of sp³-hybridized carbons (Fsp3) is 0.303. The van der Waals surface area contributed by atoms with Gasteiger partial charge >= 0.3 is 6.09 Å². The quantitative estimate of drug-likeness (QED) is 0.305. The molecule has 0 aliphatic carbocycles. The predicted molar refractivity (Wildman–Crippen MR) is 170 cm³/mol. The van der Waals surface area contributed by atoms with Crippen molar-refractivity contribution in [3.63, 3.8) is 0 Å². The van der Waals surface area contributed by atoms with E-state index in [1.165, 1.54) is 23.8 Å². The number of nitrogens with two attached hydrogens (primary N) is 1. The third-order valence-corrected chi connectivity index (χ3v) is 7.51. The molecule has 3 aromatic carbocycles. The first-order chi connectivity index (χ1) is 21.3. The van der Waals surface area contributed by atoms with E-state index in [0.717, 1.165) is 10.3 Å². The van der Waals surface area contributed by atoms with Crippen LogP contribution in [-0.2, 0) is 20.9 Å². The van der Waals surface area contributed by atoms with E-state index < -0.39 is 35.6 Å². The summed E-state index contributed by atoms with van der Waals surface area (Å²) in [5, 5.41) is 7.74. The number of fused-ring (bicyclic) bond motifs is 2. The van der Waals surface area contributed by atoms with Crippen LogP contribution in [0.3, 0.4) is 0 Å². The number of para-hydroxylation sites is 3. The van der Waals surface area contributed by atoms with Crippen molar-refractivity contribution >= 4 is 51.8 Å². The van der Waals surface area contributed by atoms with Crippen LogP contribution in [0.2, 0.25) is 0 Å². The lowest BCUT2D eigenvalue weighted by Gasteiger charge is -2.30. The molecule has 4 aromatic rings. The molecule has 1 aliphatic rings. The van der Waals surface area contributed by atoms with Crippen molar-refractivity contribution in [2.75, 3.05) is 29.1 Å². The van der Waals surface area contributed by atoms with E-state index in [2.05, 4.69) is 10.5 Å². The SMILES string of the molecule is C[C@@H](C(=O)N[C@H]1CN(C(=O)c2ccc(N)cc2)c2ccccc2N(Cc2noc3ccccc23)C1=O)N(C)C(=O)OC(C)(C)C. The molecular formula is C33H36N6O6. The number of nitrogens with zero attached hydrogens (tertiary/aromatic N) is 4. The van der Waals surface area contributed by atoms with Gasteiger partial charge in [0.1, 0.15) is 23.4 Å². The Balaban J connectivity index is 1.52. The number of likely N-dealkylation sites (N-methyl/N-ethyl adjacent to an activating group) is 1. The Morgan fingerprint density at radius 3 is 2.38 bits per heavy atom. The second kappa shape index (κ2) is 12.3. The second-order valence-electron chi connectivity index (χ2n) is 11.9. The number of ether oxygens (including phenoxy) is 1. The van der Waals surface area contributed by atoms with E-state index in [4.69, 9.17) is 15.0 Å². The van der Waals surface area contributed by atoms with Crippen LogP contribution in [0.1, 0.15) is 43.7 Å². The van der Waals surface area contributed by atoms with Crippen LogP contribution >= 0.6 is 0 Å². The van der Waals surface area contributed by atoms with Gasteiger partial charge in [-0.2, -0.15) is 0 Å². The smallest absolute Gasteiger partial charge is 0.410 e. The lowest BCUT2D eigenvalue weighted by molar-refractivity contribution is -0.130. The van der Waals surface area contributed by atoms with Crippen molar-refractivity contribution < 1.29 is 28.4 Å². The van der Waals surface area contributed by atoms with Crippen LogP contribution in [0.15, 0.2) is 77.3 Å². The number of carbonyl (C=O) groups is 4. The molecule has 0 saturated carbocycles. The molecule has 2 atom stereocenters. The summed E-state index contributed by atoms with van der Waals surface area (Å²) in [7, 11) is 1.45. The Labute approximate surface area is 260 Å². The van der Waals surface area contributed by atoms with Crippen LogP contribution in [-0.4, -0.2) is 65.1 Å². The Bertz CT molecular complexity index is 1740. The Morgan fingerprint density at radius 2 is 1.69 bits per heavy atom. The van der Waals surface area contributed by atoms with Gasteiger partial charge in [0, 0.05) is 23.7 Å². The normalized spacial score (nSPS) is 15.7. The number of carbonyl (C=O) groups excluding carboxylic acids is 4. The number of anilines is 3. The average molecular weight is 613 g/mol. The number of hydrogen-bond donors (Lipinski definition) is 2. The van der Waals surface area contributed by atoms with Gasteiger partial charge in [-0.25, -0.2) is 4.79 Å². The van der Waals surface area contributed by atoms with E-state index in [-0.39, 0.29) is 19.0 Å². The van der Waals surface area contributed by atoms with Crippen LogP contribution < -0.4 is 20.9 Å². The number of aromatic nitrogens is 1. The number of nitrogens with one attached hydrogen (secondary N) is 1. The van der Waals surface area contributed by atoms with Crippen molar-refractivity contribution in [3.8, 4) is 0 Å². The predicted octanol–water partition coefficient (Wildman–Crippen LogP) is 4.34. The summed E-state index contributed by atoms with van der Waals surface area (Å²) in [6.45, 7) is 6.55. The number of hydrogen-bond acceptors (Lipinski definition) is 8. The van der Waals surface area contributed by atoms with Crippen LogP contribution in [0.4, 0.5) is 21.9 Å². The van der Waals surface area contributed by atoms with Crippen molar-refractivity contribution in [1.82, 2.24) is 15.4 Å². The molecule has 0 saturated heterocycles. The first-order valence-corrected chi connectivity index (χ1v) is 14.5. The van der Waals surface area contributed by atoms with Crippen LogP contribution in [0.25, 0.3) is 11.0 Å². The molecule has 2 heterocycles. The molecule has 12 heteroatoms. The molecular weight excluding hydrogens is 576 g/mol. The van der Waals surface area contributed by atoms with Crippen LogP contribution in [0, 0.1) is 0 Å². The largest absolute Gasteiger partial charge is 0.444 e. The highest BCUT2D eigenvalue weighted by molar-refractivity contribution is 6.13. The Hall–Kier alpha value is -5.39. The number of amides is 4. The monoisotopic (exact) mass is 612 g/mol. The zero-order valence-corrected chi connectivity index (χ0v) is 25.8. The van der Waals surface area contributed by atoms with Gasteiger partial charge in [0.2, 0.25) is 5.91 Å². The van der Waals surface area contributed by atoms with Gasteiger partial charge in [0.05, 0.1) is 24.5 Å². The lowest BCUT2D eigenvalue weighted by Crippen LogP contribution is -2.57. The van der Waals surface area contributed by atoms with Gasteiger partial charge in [-0.3, -0.25) is 19.3 Å². The van der Waals surface area contributed by atoms with Crippen LogP contribution in [0.5, 0.6) is 0 Å². The molecule has 3 N–H and O–H groups in total. The van der Waals surface area contributed by atoms with E-state index >= 15 is 0 Å².